The molecule has 1 aromatic carbocycles. The predicted molar refractivity (Wildman–Crippen MR) is 84.6 cm³/mol. The zero-order valence-corrected chi connectivity index (χ0v) is 13.7. The van der Waals surface area contributed by atoms with E-state index in [-0.39, 0.29) is 5.82 Å². The van der Waals surface area contributed by atoms with Crippen molar-refractivity contribution in [1.29, 1.82) is 0 Å². The van der Waals surface area contributed by atoms with Gasteiger partial charge < -0.3 is 5.32 Å². The van der Waals surface area contributed by atoms with Crippen molar-refractivity contribution in [2.75, 3.05) is 6.54 Å². The van der Waals surface area contributed by atoms with E-state index in [9.17, 15) is 4.39 Å². The van der Waals surface area contributed by atoms with Crippen molar-refractivity contribution >= 4 is 27.3 Å². The van der Waals surface area contributed by atoms with E-state index in [0.29, 0.717) is 10.4 Å². The first-order valence-corrected chi connectivity index (χ1v) is 8.45. The van der Waals surface area contributed by atoms with E-state index in [1.54, 1.807) is 17.4 Å². The number of halogens is 2. The molecule has 1 aromatic heterocycles. The molecule has 0 aliphatic heterocycles. The summed E-state index contributed by atoms with van der Waals surface area (Å²) in [6.07, 6.45) is 2.49. The van der Waals surface area contributed by atoms with Crippen molar-refractivity contribution in [3.8, 4) is 10.6 Å². The third-order valence-electron chi connectivity index (χ3n) is 3.39. The van der Waals surface area contributed by atoms with E-state index in [2.05, 4.69) is 28.2 Å². The number of benzene rings is 1. The molecule has 2 nitrogen and oxygen atoms in total. The highest BCUT2D eigenvalue weighted by atomic mass is 79.9. The Bertz CT molecular complexity index is 622. The van der Waals surface area contributed by atoms with E-state index < -0.39 is 0 Å². The summed E-state index contributed by atoms with van der Waals surface area (Å²) in [7, 11) is 0. The Balaban J connectivity index is 1.94. The van der Waals surface area contributed by atoms with Crippen LogP contribution in [0.2, 0.25) is 0 Å². The van der Waals surface area contributed by atoms with Crippen LogP contribution in [-0.4, -0.2) is 11.5 Å². The monoisotopic (exact) mass is 354 g/mol. The minimum Gasteiger partial charge on any atom is -0.312 e. The quantitative estimate of drug-likeness (QED) is 0.841. The van der Waals surface area contributed by atoms with Crippen molar-refractivity contribution in [1.82, 2.24) is 10.3 Å². The Kier molecular flexibility index (Phi) is 4.19. The van der Waals surface area contributed by atoms with Gasteiger partial charge in [-0.3, -0.25) is 0 Å². The molecular weight excluding hydrogens is 339 g/mol. The highest BCUT2D eigenvalue weighted by molar-refractivity contribution is 9.10. The molecule has 0 unspecified atom stereocenters. The van der Waals surface area contributed by atoms with Gasteiger partial charge in [-0.15, -0.1) is 11.3 Å². The Hall–Kier alpha value is -0.780. The van der Waals surface area contributed by atoms with Gasteiger partial charge in [0.25, 0.3) is 0 Å². The van der Waals surface area contributed by atoms with Gasteiger partial charge in [0.05, 0.1) is 10.2 Å². The van der Waals surface area contributed by atoms with Gasteiger partial charge in [-0.2, -0.15) is 0 Å². The van der Waals surface area contributed by atoms with E-state index in [1.807, 2.05) is 6.07 Å². The van der Waals surface area contributed by atoms with E-state index in [1.165, 1.54) is 29.5 Å². The van der Waals surface area contributed by atoms with Gasteiger partial charge in [-0.05, 0) is 53.5 Å². The van der Waals surface area contributed by atoms with Crippen LogP contribution in [0.4, 0.5) is 4.39 Å². The molecule has 1 aliphatic carbocycles. The first-order chi connectivity index (χ1) is 9.69. The van der Waals surface area contributed by atoms with Gasteiger partial charge in [-0.1, -0.05) is 6.92 Å². The lowest BCUT2D eigenvalue weighted by Crippen LogP contribution is -2.11. The molecule has 0 bridgehead atoms. The van der Waals surface area contributed by atoms with Crippen molar-refractivity contribution in [2.24, 2.45) is 0 Å². The molecule has 0 radical (unpaired) electrons. The van der Waals surface area contributed by atoms with Crippen LogP contribution in [0.3, 0.4) is 0 Å². The van der Waals surface area contributed by atoms with Crippen molar-refractivity contribution in [3.63, 3.8) is 0 Å². The smallest absolute Gasteiger partial charge is 0.137 e. The van der Waals surface area contributed by atoms with Crippen molar-refractivity contribution in [3.05, 3.63) is 39.1 Å². The molecule has 1 aliphatic rings. The fraction of sp³-hybridized carbons (Fsp3) is 0.400. The number of hydrogen-bond donors (Lipinski definition) is 1. The summed E-state index contributed by atoms with van der Waals surface area (Å²) in [5, 5.41) is 4.36. The SMILES string of the molecule is CCNCc1sc(-c2ccc(F)c(Br)c2)nc1C1CC1. The number of hydrogen-bond acceptors (Lipinski definition) is 3. The second kappa shape index (κ2) is 5.92. The molecule has 1 N–H and O–H groups in total. The summed E-state index contributed by atoms with van der Waals surface area (Å²) in [4.78, 5) is 6.13. The van der Waals surface area contributed by atoms with Crippen LogP contribution in [-0.2, 0) is 6.54 Å². The lowest BCUT2D eigenvalue weighted by molar-refractivity contribution is 0.621. The lowest BCUT2D eigenvalue weighted by Gasteiger charge is -2.00. The normalized spacial score (nSPS) is 14.8. The topological polar surface area (TPSA) is 24.9 Å². The minimum absolute atomic E-state index is 0.236. The Morgan fingerprint density at radius 2 is 2.25 bits per heavy atom. The van der Waals surface area contributed by atoms with Gasteiger partial charge in [0.2, 0.25) is 0 Å². The maximum atomic E-state index is 13.3. The highest BCUT2D eigenvalue weighted by Crippen LogP contribution is 2.44. The van der Waals surface area contributed by atoms with Crippen molar-refractivity contribution < 1.29 is 4.39 Å². The summed E-state index contributed by atoms with van der Waals surface area (Å²) in [6.45, 7) is 3.94. The number of nitrogens with one attached hydrogen (secondary N) is 1. The fourth-order valence-electron chi connectivity index (χ4n) is 2.16. The molecule has 0 spiro atoms. The molecule has 2 aromatic rings. The first-order valence-electron chi connectivity index (χ1n) is 6.84. The molecule has 0 atom stereocenters. The average molecular weight is 355 g/mol. The minimum atomic E-state index is -0.236. The van der Waals surface area contributed by atoms with Crippen LogP contribution in [0.25, 0.3) is 10.6 Å². The molecule has 0 saturated heterocycles. The third kappa shape index (κ3) is 2.95. The van der Waals surface area contributed by atoms with Crippen LogP contribution < -0.4 is 5.32 Å². The molecule has 0 amide bonds. The number of aromatic nitrogens is 1. The van der Waals surface area contributed by atoms with Crippen molar-refractivity contribution in [2.45, 2.75) is 32.2 Å². The van der Waals surface area contributed by atoms with Gasteiger partial charge in [0, 0.05) is 22.9 Å². The van der Waals surface area contributed by atoms with E-state index >= 15 is 0 Å². The zero-order chi connectivity index (χ0) is 14.1. The molecule has 1 heterocycles. The van der Waals surface area contributed by atoms with E-state index in [4.69, 9.17) is 4.98 Å². The largest absolute Gasteiger partial charge is 0.312 e. The predicted octanol–water partition coefficient (Wildman–Crippen LogP) is 4.70. The number of rotatable bonds is 5. The maximum Gasteiger partial charge on any atom is 0.137 e. The standard InChI is InChI=1S/C15H16BrFN2S/c1-2-18-8-13-14(9-3-4-9)19-15(20-13)10-5-6-12(17)11(16)7-10/h5-7,9,18H,2-4,8H2,1H3. The highest BCUT2D eigenvalue weighted by Gasteiger charge is 2.29. The second-order valence-corrected chi connectivity index (χ2v) is 6.95. The van der Waals surface area contributed by atoms with Gasteiger partial charge >= 0.3 is 0 Å². The lowest BCUT2D eigenvalue weighted by atomic mass is 10.2. The molecular formula is C15H16BrFN2S. The van der Waals surface area contributed by atoms with Gasteiger partial charge in [0.1, 0.15) is 10.8 Å². The van der Waals surface area contributed by atoms with Gasteiger partial charge in [-0.25, -0.2) is 9.37 Å². The molecule has 1 fully saturated rings. The van der Waals surface area contributed by atoms with Crippen LogP contribution in [0.1, 0.15) is 36.3 Å². The van der Waals surface area contributed by atoms with Crippen LogP contribution in [0.15, 0.2) is 22.7 Å². The summed E-state index contributed by atoms with van der Waals surface area (Å²) in [6, 6.07) is 5.09. The Morgan fingerprint density at radius 3 is 2.90 bits per heavy atom. The first kappa shape index (κ1) is 14.2. The number of thiazole rings is 1. The van der Waals surface area contributed by atoms with E-state index in [0.717, 1.165) is 23.7 Å². The molecule has 1 saturated carbocycles. The fourth-order valence-corrected chi connectivity index (χ4v) is 3.65. The maximum absolute atomic E-state index is 13.3. The summed E-state index contributed by atoms with van der Waals surface area (Å²) < 4.78 is 13.8. The van der Waals surface area contributed by atoms with Crippen LogP contribution in [0.5, 0.6) is 0 Å². The average Bonchev–Trinajstić information content (AvgIpc) is 3.20. The summed E-state index contributed by atoms with van der Waals surface area (Å²) in [5.41, 5.74) is 2.22. The third-order valence-corrected chi connectivity index (χ3v) is 5.12. The molecule has 3 rings (SSSR count). The zero-order valence-electron chi connectivity index (χ0n) is 11.2. The number of nitrogens with zero attached hydrogens (tertiary/aromatic N) is 1. The second-order valence-electron chi connectivity index (χ2n) is 5.01. The molecule has 20 heavy (non-hydrogen) atoms. The summed E-state index contributed by atoms with van der Waals surface area (Å²) in [5.74, 6) is 0.401. The van der Waals surface area contributed by atoms with Crippen LogP contribution >= 0.6 is 27.3 Å². The van der Waals surface area contributed by atoms with Crippen LogP contribution in [0, 0.1) is 5.82 Å². The Labute approximate surface area is 130 Å². The van der Waals surface area contributed by atoms with Gasteiger partial charge in [0.15, 0.2) is 0 Å². The molecule has 5 heteroatoms. The Morgan fingerprint density at radius 1 is 1.45 bits per heavy atom. The summed E-state index contributed by atoms with van der Waals surface area (Å²) >= 11 is 4.96. The molecule has 106 valence electrons.